The van der Waals surface area contributed by atoms with Crippen LogP contribution in [0.5, 0.6) is 11.5 Å². The van der Waals surface area contributed by atoms with E-state index in [0.717, 1.165) is 22.0 Å². The van der Waals surface area contributed by atoms with Gasteiger partial charge in [0.15, 0.2) is 11.5 Å². The lowest BCUT2D eigenvalue weighted by atomic mass is 10.1. The van der Waals surface area contributed by atoms with E-state index in [2.05, 4.69) is 21.2 Å². The summed E-state index contributed by atoms with van der Waals surface area (Å²) < 4.78 is 11.6. The van der Waals surface area contributed by atoms with Gasteiger partial charge in [0.2, 0.25) is 11.8 Å². The van der Waals surface area contributed by atoms with E-state index < -0.39 is 6.04 Å². The van der Waals surface area contributed by atoms with Crippen molar-refractivity contribution in [3.63, 3.8) is 0 Å². The Morgan fingerprint density at radius 2 is 1.81 bits per heavy atom. The fourth-order valence-corrected chi connectivity index (χ4v) is 3.69. The van der Waals surface area contributed by atoms with Crippen molar-refractivity contribution in [1.82, 2.24) is 10.2 Å². The molecule has 6 nitrogen and oxygen atoms in total. The lowest BCUT2D eigenvalue weighted by Crippen LogP contribution is -2.47. The molecule has 0 aliphatic carbocycles. The molecule has 1 atom stereocenters. The van der Waals surface area contributed by atoms with Gasteiger partial charge in [-0.3, -0.25) is 9.59 Å². The van der Waals surface area contributed by atoms with E-state index in [-0.39, 0.29) is 18.2 Å². The Hall–Kier alpha value is -2.54. The fourth-order valence-electron chi connectivity index (χ4n) is 3.24. The predicted octanol–water partition coefficient (Wildman–Crippen LogP) is 4.34. The van der Waals surface area contributed by atoms with Crippen LogP contribution in [0, 0.1) is 0 Å². The van der Waals surface area contributed by atoms with Crippen LogP contribution >= 0.6 is 15.9 Å². The van der Waals surface area contributed by atoms with Gasteiger partial charge in [0.25, 0.3) is 0 Å². The second-order valence-electron chi connectivity index (χ2n) is 7.31. The maximum Gasteiger partial charge on any atom is 0.242 e. The summed E-state index contributed by atoms with van der Waals surface area (Å²) in [6, 6.07) is 12.8. The molecule has 0 aromatic heterocycles. The third kappa shape index (κ3) is 7.28. The first-order valence-corrected chi connectivity index (χ1v) is 11.2. The number of halogens is 1. The maximum absolute atomic E-state index is 13.2. The van der Waals surface area contributed by atoms with Gasteiger partial charge in [0.1, 0.15) is 6.04 Å². The molecule has 0 unspecified atom stereocenters. The molecule has 1 N–H and O–H groups in total. The molecule has 0 saturated carbocycles. The molecule has 0 fully saturated rings. The zero-order chi connectivity index (χ0) is 22.8. The number of benzene rings is 2. The topological polar surface area (TPSA) is 67.9 Å². The van der Waals surface area contributed by atoms with E-state index in [0.29, 0.717) is 31.0 Å². The number of aryl methyl sites for hydroxylation is 1. The minimum Gasteiger partial charge on any atom is -0.493 e. The van der Waals surface area contributed by atoms with Gasteiger partial charge in [-0.15, -0.1) is 0 Å². The summed E-state index contributed by atoms with van der Waals surface area (Å²) in [4.78, 5) is 27.4. The van der Waals surface area contributed by atoms with Crippen molar-refractivity contribution in [3.8, 4) is 11.5 Å². The highest BCUT2D eigenvalue weighted by molar-refractivity contribution is 9.10. The van der Waals surface area contributed by atoms with Gasteiger partial charge in [0.05, 0.1) is 14.2 Å². The number of carbonyl (C=O) groups is 2. The normalized spacial score (nSPS) is 11.5. The summed E-state index contributed by atoms with van der Waals surface area (Å²) in [5.74, 6) is 1.06. The van der Waals surface area contributed by atoms with E-state index in [1.807, 2.05) is 49.4 Å². The van der Waals surface area contributed by atoms with E-state index in [4.69, 9.17) is 9.47 Å². The van der Waals surface area contributed by atoms with Crippen molar-refractivity contribution in [2.45, 2.75) is 45.7 Å². The Balaban J connectivity index is 2.15. The SMILES string of the molecule is CCCNC(=O)[C@H](C)N(Cc1cccc(Br)c1)C(=O)CCc1ccc(OC)c(OC)c1. The number of amides is 2. The first-order valence-electron chi connectivity index (χ1n) is 10.4. The molecule has 7 heteroatoms. The third-order valence-electron chi connectivity index (χ3n) is 5.03. The average Bonchev–Trinajstić information content (AvgIpc) is 2.78. The Kier molecular flexibility index (Phi) is 9.85. The van der Waals surface area contributed by atoms with Crippen LogP contribution in [0.4, 0.5) is 0 Å². The number of rotatable bonds is 11. The fraction of sp³-hybridized carbons (Fsp3) is 0.417. The Morgan fingerprint density at radius 3 is 2.45 bits per heavy atom. The number of nitrogens with zero attached hydrogens (tertiary/aromatic N) is 1. The maximum atomic E-state index is 13.2. The predicted molar refractivity (Wildman–Crippen MR) is 125 cm³/mol. The summed E-state index contributed by atoms with van der Waals surface area (Å²) in [6.45, 7) is 4.73. The molecular weight excluding hydrogens is 460 g/mol. The molecule has 0 aliphatic rings. The minimum absolute atomic E-state index is 0.0751. The number of ether oxygens (including phenoxy) is 2. The monoisotopic (exact) mass is 490 g/mol. The highest BCUT2D eigenvalue weighted by Gasteiger charge is 2.25. The van der Waals surface area contributed by atoms with Crippen molar-refractivity contribution in [2.24, 2.45) is 0 Å². The first kappa shape index (κ1) is 24.7. The van der Waals surface area contributed by atoms with Crippen molar-refractivity contribution >= 4 is 27.7 Å². The van der Waals surface area contributed by atoms with E-state index >= 15 is 0 Å². The van der Waals surface area contributed by atoms with Crippen LogP contribution < -0.4 is 14.8 Å². The summed E-state index contributed by atoms with van der Waals surface area (Å²) in [5.41, 5.74) is 1.93. The molecule has 31 heavy (non-hydrogen) atoms. The zero-order valence-corrected chi connectivity index (χ0v) is 20.2. The number of carbonyl (C=O) groups excluding carboxylic acids is 2. The number of hydrogen-bond acceptors (Lipinski definition) is 4. The quantitative estimate of drug-likeness (QED) is 0.508. The summed E-state index contributed by atoms with van der Waals surface area (Å²) in [7, 11) is 3.18. The molecule has 0 spiro atoms. The summed E-state index contributed by atoms with van der Waals surface area (Å²) in [6.07, 6.45) is 1.67. The van der Waals surface area contributed by atoms with Gasteiger partial charge < -0.3 is 19.7 Å². The van der Waals surface area contributed by atoms with Gasteiger partial charge in [-0.1, -0.05) is 41.1 Å². The Labute approximate surface area is 193 Å². The van der Waals surface area contributed by atoms with Crippen LogP contribution in [-0.4, -0.2) is 43.5 Å². The van der Waals surface area contributed by atoms with Crippen molar-refractivity contribution in [3.05, 3.63) is 58.1 Å². The standard InChI is InChI=1S/C24H31BrN2O4/c1-5-13-26-24(29)17(2)27(16-19-7-6-8-20(25)14-19)23(28)12-10-18-9-11-21(30-3)22(15-18)31-4/h6-9,11,14-15,17H,5,10,12-13,16H2,1-4H3,(H,26,29)/t17-/m0/s1. The molecular formula is C24H31BrN2O4. The van der Waals surface area contributed by atoms with E-state index in [9.17, 15) is 9.59 Å². The van der Waals surface area contributed by atoms with Gasteiger partial charge in [-0.25, -0.2) is 0 Å². The number of hydrogen-bond donors (Lipinski definition) is 1. The van der Waals surface area contributed by atoms with Crippen LogP contribution in [0.3, 0.4) is 0 Å². The van der Waals surface area contributed by atoms with Crippen molar-refractivity contribution in [2.75, 3.05) is 20.8 Å². The van der Waals surface area contributed by atoms with Crippen molar-refractivity contribution < 1.29 is 19.1 Å². The van der Waals surface area contributed by atoms with Crippen LogP contribution in [0.1, 0.15) is 37.8 Å². The van der Waals surface area contributed by atoms with E-state index in [1.54, 1.807) is 26.0 Å². The third-order valence-corrected chi connectivity index (χ3v) is 5.53. The highest BCUT2D eigenvalue weighted by atomic mass is 79.9. The van der Waals surface area contributed by atoms with Gasteiger partial charge in [0, 0.05) is 24.0 Å². The second-order valence-corrected chi connectivity index (χ2v) is 8.22. The molecule has 2 rings (SSSR count). The first-order chi connectivity index (χ1) is 14.9. The largest absolute Gasteiger partial charge is 0.493 e. The molecule has 2 amide bonds. The van der Waals surface area contributed by atoms with Crippen LogP contribution in [0.25, 0.3) is 0 Å². The highest BCUT2D eigenvalue weighted by Crippen LogP contribution is 2.28. The molecule has 2 aromatic carbocycles. The van der Waals surface area contributed by atoms with Gasteiger partial charge >= 0.3 is 0 Å². The molecule has 0 aliphatic heterocycles. The summed E-state index contributed by atoms with van der Waals surface area (Å²) in [5, 5.41) is 2.89. The second kappa shape index (κ2) is 12.3. The molecule has 0 bridgehead atoms. The molecule has 0 heterocycles. The Morgan fingerprint density at radius 1 is 1.06 bits per heavy atom. The smallest absolute Gasteiger partial charge is 0.242 e. The van der Waals surface area contributed by atoms with Crippen molar-refractivity contribution in [1.29, 1.82) is 0 Å². The molecule has 0 saturated heterocycles. The minimum atomic E-state index is -0.566. The van der Waals surface area contributed by atoms with Gasteiger partial charge in [-0.05, 0) is 55.2 Å². The van der Waals surface area contributed by atoms with Crippen LogP contribution in [0.15, 0.2) is 46.9 Å². The Bertz CT molecular complexity index is 888. The number of nitrogens with one attached hydrogen (secondary N) is 1. The van der Waals surface area contributed by atoms with Gasteiger partial charge in [-0.2, -0.15) is 0 Å². The zero-order valence-electron chi connectivity index (χ0n) is 18.6. The summed E-state index contributed by atoms with van der Waals surface area (Å²) >= 11 is 3.47. The molecule has 2 aromatic rings. The number of methoxy groups -OCH3 is 2. The lowest BCUT2D eigenvalue weighted by molar-refractivity contribution is -0.140. The molecule has 168 valence electrons. The average molecular weight is 491 g/mol. The lowest BCUT2D eigenvalue weighted by Gasteiger charge is -2.29. The van der Waals surface area contributed by atoms with Crippen LogP contribution in [0.2, 0.25) is 0 Å². The molecule has 0 radical (unpaired) electrons. The van der Waals surface area contributed by atoms with E-state index in [1.165, 1.54) is 0 Å². The van der Waals surface area contributed by atoms with Crippen LogP contribution in [-0.2, 0) is 22.6 Å².